The quantitative estimate of drug-likeness (QED) is 0.690. The van der Waals surface area contributed by atoms with Crippen molar-refractivity contribution in [1.82, 2.24) is 15.5 Å². The van der Waals surface area contributed by atoms with Crippen molar-refractivity contribution in [3.8, 4) is 0 Å². The molecule has 0 aromatic carbocycles. The molecule has 2 rings (SSSR count). The standard InChI is InChI=1S/C14H23N3O4/c1-14(12(19)20)6-2-8-17(9-14)13(21)15-7-5-11(18)16-10-3-4-10/h10H,2-9H2,1H3,(H,15,21)(H,16,18)(H,19,20). The van der Waals surface area contributed by atoms with Crippen LogP contribution in [-0.4, -0.2) is 53.6 Å². The van der Waals surface area contributed by atoms with Crippen LogP contribution in [0.3, 0.4) is 0 Å². The Morgan fingerprint density at radius 3 is 2.67 bits per heavy atom. The number of urea groups is 1. The monoisotopic (exact) mass is 297 g/mol. The van der Waals surface area contributed by atoms with Crippen LogP contribution >= 0.6 is 0 Å². The van der Waals surface area contributed by atoms with E-state index in [1.807, 2.05) is 0 Å². The third kappa shape index (κ3) is 4.34. The number of carbonyl (C=O) groups excluding carboxylic acids is 2. The first-order chi connectivity index (χ1) is 9.90. The van der Waals surface area contributed by atoms with Crippen LogP contribution in [0.1, 0.15) is 39.0 Å². The topological polar surface area (TPSA) is 98.7 Å². The fourth-order valence-electron chi connectivity index (χ4n) is 2.51. The van der Waals surface area contributed by atoms with Gasteiger partial charge < -0.3 is 20.6 Å². The molecule has 1 saturated carbocycles. The maximum atomic E-state index is 12.0. The zero-order valence-corrected chi connectivity index (χ0v) is 12.4. The number of piperidine rings is 1. The van der Waals surface area contributed by atoms with E-state index in [0.29, 0.717) is 25.4 Å². The minimum atomic E-state index is -0.876. The Labute approximate surface area is 124 Å². The average molecular weight is 297 g/mol. The highest BCUT2D eigenvalue weighted by molar-refractivity contribution is 5.80. The van der Waals surface area contributed by atoms with Crippen molar-refractivity contribution in [2.24, 2.45) is 5.41 Å². The summed E-state index contributed by atoms with van der Waals surface area (Å²) >= 11 is 0. The number of nitrogens with zero attached hydrogens (tertiary/aromatic N) is 1. The normalized spacial score (nSPS) is 25.3. The second kappa shape index (κ2) is 6.32. The highest BCUT2D eigenvalue weighted by atomic mass is 16.4. The lowest BCUT2D eigenvalue weighted by atomic mass is 9.82. The highest BCUT2D eigenvalue weighted by Crippen LogP contribution is 2.29. The maximum Gasteiger partial charge on any atom is 0.317 e. The van der Waals surface area contributed by atoms with Crippen molar-refractivity contribution in [2.45, 2.75) is 45.1 Å². The van der Waals surface area contributed by atoms with Crippen LogP contribution in [-0.2, 0) is 9.59 Å². The first-order valence-corrected chi connectivity index (χ1v) is 7.46. The Bertz CT molecular complexity index is 436. The van der Waals surface area contributed by atoms with E-state index < -0.39 is 11.4 Å². The molecule has 2 aliphatic rings. The molecule has 7 heteroatoms. The summed E-state index contributed by atoms with van der Waals surface area (Å²) in [6.07, 6.45) is 3.60. The molecule has 3 amide bonds. The molecule has 21 heavy (non-hydrogen) atoms. The number of hydrogen-bond acceptors (Lipinski definition) is 3. The van der Waals surface area contributed by atoms with Gasteiger partial charge in [0.25, 0.3) is 0 Å². The van der Waals surface area contributed by atoms with Gasteiger partial charge in [0.15, 0.2) is 0 Å². The van der Waals surface area contributed by atoms with Crippen molar-refractivity contribution in [3.05, 3.63) is 0 Å². The van der Waals surface area contributed by atoms with Gasteiger partial charge in [0.05, 0.1) is 5.41 Å². The van der Waals surface area contributed by atoms with Crippen LogP contribution in [0.5, 0.6) is 0 Å². The molecule has 0 radical (unpaired) electrons. The molecule has 1 aliphatic heterocycles. The summed E-state index contributed by atoms with van der Waals surface area (Å²) in [7, 11) is 0. The summed E-state index contributed by atoms with van der Waals surface area (Å²) in [5.74, 6) is -0.921. The molecule has 1 heterocycles. The molecule has 1 aliphatic carbocycles. The SMILES string of the molecule is CC1(C(=O)O)CCCN(C(=O)NCCC(=O)NC2CC2)C1. The lowest BCUT2D eigenvalue weighted by Gasteiger charge is -2.37. The minimum Gasteiger partial charge on any atom is -0.481 e. The van der Waals surface area contributed by atoms with E-state index in [0.717, 1.165) is 12.8 Å². The van der Waals surface area contributed by atoms with E-state index in [1.165, 1.54) is 4.90 Å². The van der Waals surface area contributed by atoms with Gasteiger partial charge in [0.1, 0.15) is 0 Å². The Balaban J connectivity index is 1.72. The maximum absolute atomic E-state index is 12.0. The Hall–Kier alpha value is -1.79. The predicted molar refractivity (Wildman–Crippen MR) is 75.7 cm³/mol. The fraction of sp³-hybridized carbons (Fsp3) is 0.786. The van der Waals surface area contributed by atoms with Crippen LogP contribution in [0, 0.1) is 5.41 Å². The molecule has 118 valence electrons. The summed E-state index contributed by atoms with van der Waals surface area (Å²) in [6.45, 7) is 2.71. The van der Waals surface area contributed by atoms with Gasteiger partial charge >= 0.3 is 12.0 Å². The summed E-state index contributed by atoms with van der Waals surface area (Å²) in [6, 6.07) is 0.0352. The molecule has 1 saturated heterocycles. The summed E-state index contributed by atoms with van der Waals surface area (Å²) in [4.78, 5) is 36.3. The van der Waals surface area contributed by atoms with Crippen molar-refractivity contribution in [2.75, 3.05) is 19.6 Å². The lowest BCUT2D eigenvalue weighted by molar-refractivity contribution is -0.150. The van der Waals surface area contributed by atoms with E-state index in [9.17, 15) is 19.5 Å². The summed E-state index contributed by atoms with van der Waals surface area (Å²) < 4.78 is 0. The van der Waals surface area contributed by atoms with Gasteiger partial charge in [-0.05, 0) is 32.6 Å². The zero-order valence-electron chi connectivity index (χ0n) is 12.4. The predicted octanol–water partition coefficient (Wildman–Crippen LogP) is 0.551. The van der Waals surface area contributed by atoms with Gasteiger partial charge in [-0.2, -0.15) is 0 Å². The Kier molecular flexibility index (Phi) is 4.69. The van der Waals surface area contributed by atoms with Gasteiger partial charge in [0, 0.05) is 32.1 Å². The van der Waals surface area contributed by atoms with Crippen molar-refractivity contribution >= 4 is 17.9 Å². The fourth-order valence-corrected chi connectivity index (χ4v) is 2.51. The number of hydrogen-bond donors (Lipinski definition) is 3. The first-order valence-electron chi connectivity index (χ1n) is 7.46. The number of nitrogens with one attached hydrogen (secondary N) is 2. The molecule has 0 spiro atoms. The smallest absolute Gasteiger partial charge is 0.317 e. The molecule has 7 nitrogen and oxygen atoms in total. The zero-order chi connectivity index (χ0) is 15.5. The van der Waals surface area contributed by atoms with Crippen molar-refractivity contribution in [3.63, 3.8) is 0 Å². The summed E-state index contributed by atoms with van der Waals surface area (Å²) in [5.41, 5.74) is -0.876. The number of rotatable bonds is 5. The number of carbonyl (C=O) groups is 3. The third-order valence-corrected chi connectivity index (χ3v) is 4.07. The molecule has 0 aromatic rings. The number of carboxylic acids is 1. The Morgan fingerprint density at radius 1 is 1.33 bits per heavy atom. The number of carboxylic acid groups (broad SMARTS) is 1. The van der Waals surface area contributed by atoms with E-state index in [2.05, 4.69) is 10.6 Å². The number of likely N-dealkylation sites (tertiary alicyclic amines) is 1. The molecular formula is C14H23N3O4. The number of aliphatic carboxylic acids is 1. The van der Waals surface area contributed by atoms with Crippen LogP contribution < -0.4 is 10.6 Å². The molecular weight excluding hydrogens is 274 g/mol. The molecule has 1 unspecified atom stereocenters. The lowest BCUT2D eigenvalue weighted by Crippen LogP contribution is -2.51. The first kappa shape index (κ1) is 15.6. The average Bonchev–Trinajstić information content (AvgIpc) is 3.22. The van der Waals surface area contributed by atoms with Crippen molar-refractivity contribution in [1.29, 1.82) is 0 Å². The van der Waals surface area contributed by atoms with Gasteiger partial charge in [-0.3, -0.25) is 9.59 Å². The Morgan fingerprint density at radius 2 is 2.05 bits per heavy atom. The van der Waals surface area contributed by atoms with E-state index in [4.69, 9.17) is 0 Å². The minimum absolute atomic E-state index is 0.0492. The molecule has 2 fully saturated rings. The van der Waals surface area contributed by atoms with Crippen LogP contribution in [0.2, 0.25) is 0 Å². The second-order valence-electron chi connectivity index (χ2n) is 6.21. The van der Waals surface area contributed by atoms with Gasteiger partial charge in [-0.25, -0.2) is 4.79 Å². The van der Waals surface area contributed by atoms with Gasteiger partial charge in [-0.15, -0.1) is 0 Å². The number of amides is 3. The van der Waals surface area contributed by atoms with Crippen LogP contribution in [0.15, 0.2) is 0 Å². The van der Waals surface area contributed by atoms with Gasteiger partial charge in [-0.1, -0.05) is 0 Å². The molecule has 3 N–H and O–H groups in total. The highest BCUT2D eigenvalue weighted by Gasteiger charge is 2.39. The van der Waals surface area contributed by atoms with Crippen LogP contribution in [0.25, 0.3) is 0 Å². The molecule has 0 bridgehead atoms. The van der Waals surface area contributed by atoms with Gasteiger partial charge in [0.2, 0.25) is 5.91 Å². The van der Waals surface area contributed by atoms with E-state index in [-0.39, 0.29) is 31.4 Å². The summed E-state index contributed by atoms with van der Waals surface area (Å²) in [5, 5.41) is 14.8. The second-order valence-corrected chi connectivity index (χ2v) is 6.21. The van der Waals surface area contributed by atoms with Crippen LogP contribution in [0.4, 0.5) is 4.79 Å². The van der Waals surface area contributed by atoms with E-state index in [1.54, 1.807) is 6.92 Å². The van der Waals surface area contributed by atoms with Crippen molar-refractivity contribution < 1.29 is 19.5 Å². The molecule has 1 atom stereocenters. The third-order valence-electron chi connectivity index (χ3n) is 4.07. The largest absolute Gasteiger partial charge is 0.481 e. The molecule has 0 aromatic heterocycles. The van der Waals surface area contributed by atoms with E-state index >= 15 is 0 Å².